The Bertz CT molecular complexity index is 588. The van der Waals surface area contributed by atoms with Gasteiger partial charge in [-0.05, 0) is 37.9 Å². The number of halogens is 3. The van der Waals surface area contributed by atoms with Gasteiger partial charge in [0.1, 0.15) is 10.7 Å². The number of nitrogens with zero attached hydrogens (tertiary/aromatic N) is 1. The van der Waals surface area contributed by atoms with E-state index in [1.807, 2.05) is 0 Å². The molecule has 2 rings (SSSR count). The molecule has 1 heterocycles. The van der Waals surface area contributed by atoms with E-state index in [0.29, 0.717) is 39.1 Å². The van der Waals surface area contributed by atoms with Crippen LogP contribution >= 0.6 is 24.0 Å². The van der Waals surface area contributed by atoms with E-state index in [9.17, 15) is 12.8 Å². The van der Waals surface area contributed by atoms with Crippen molar-refractivity contribution in [2.75, 3.05) is 26.2 Å². The second-order valence-corrected chi connectivity index (χ2v) is 7.45. The minimum absolute atomic E-state index is 0. The summed E-state index contributed by atoms with van der Waals surface area (Å²) in [6, 6.07) is 3.86. The van der Waals surface area contributed by atoms with Crippen molar-refractivity contribution >= 4 is 34.0 Å². The third kappa shape index (κ3) is 5.01. The van der Waals surface area contributed by atoms with Gasteiger partial charge in [0.05, 0.1) is 11.1 Å². The van der Waals surface area contributed by atoms with Crippen molar-refractivity contribution in [2.24, 2.45) is 5.73 Å². The fourth-order valence-corrected chi connectivity index (χ4v) is 4.46. The molecule has 1 aliphatic rings. The Balaban J connectivity index is 0.00000264. The molecule has 0 unspecified atom stereocenters. The van der Waals surface area contributed by atoms with Crippen LogP contribution in [-0.2, 0) is 14.8 Å². The fraction of sp³-hybridized carbons (Fsp3) is 0.571. The quantitative estimate of drug-likeness (QED) is 0.761. The molecule has 0 aromatic heterocycles. The maximum absolute atomic E-state index is 13.9. The van der Waals surface area contributed by atoms with E-state index in [1.165, 1.54) is 16.4 Å². The van der Waals surface area contributed by atoms with Crippen LogP contribution in [0.4, 0.5) is 4.39 Å². The summed E-state index contributed by atoms with van der Waals surface area (Å²) in [4.78, 5) is -0.445. The lowest BCUT2D eigenvalue weighted by Gasteiger charge is -2.31. The van der Waals surface area contributed by atoms with Gasteiger partial charge in [0.25, 0.3) is 0 Å². The fourth-order valence-electron chi connectivity index (χ4n) is 2.43. The highest BCUT2D eigenvalue weighted by molar-refractivity contribution is 7.89. The molecule has 1 saturated heterocycles. The summed E-state index contributed by atoms with van der Waals surface area (Å²) in [5.74, 6) is -0.825. The molecule has 0 saturated carbocycles. The molecule has 1 aliphatic heterocycles. The van der Waals surface area contributed by atoms with Crippen LogP contribution in [-0.4, -0.2) is 45.1 Å². The van der Waals surface area contributed by atoms with Crippen LogP contribution in [0.15, 0.2) is 23.1 Å². The zero-order valence-electron chi connectivity index (χ0n) is 12.6. The molecule has 2 N–H and O–H groups in total. The molecule has 0 amide bonds. The van der Waals surface area contributed by atoms with Gasteiger partial charge in [-0.25, -0.2) is 12.8 Å². The van der Waals surface area contributed by atoms with Crippen LogP contribution in [0, 0.1) is 5.82 Å². The Morgan fingerprint density at radius 2 is 2.00 bits per heavy atom. The van der Waals surface area contributed by atoms with Gasteiger partial charge < -0.3 is 10.5 Å². The molecule has 0 bridgehead atoms. The van der Waals surface area contributed by atoms with Gasteiger partial charge >= 0.3 is 0 Å². The Morgan fingerprint density at radius 1 is 1.35 bits per heavy atom. The molecule has 132 valence electrons. The van der Waals surface area contributed by atoms with Gasteiger partial charge in [-0.15, -0.1) is 12.4 Å². The summed E-state index contributed by atoms with van der Waals surface area (Å²) in [5, 5.41) is -0.0960. The monoisotopic (exact) mass is 386 g/mol. The number of hydrogen-bond acceptors (Lipinski definition) is 4. The van der Waals surface area contributed by atoms with E-state index in [1.54, 1.807) is 0 Å². The van der Waals surface area contributed by atoms with E-state index in [0.717, 1.165) is 12.5 Å². The molecular weight excluding hydrogens is 366 g/mol. The molecule has 9 heteroatoms. The average Bonchev–Trinajstić information content (AvgIpc) is 2.47. The summed E-state index contributed by atoms with van der Waals surface area (Å²) in [7, 11) is -3.92. The van der Waals surface area contributed by atoms with Crippen molar-refractivity contribution in [2.45, 2.75) is 30.3 Å². The predicted molar refractivity (Wildman–Crippen MR) is 90.1 cm³/mol. The molecule has 0 radical (unpaired) electrons. The van der Waals surface area contributed by atoms with E-state index < -0.39 is 20.7 Å². The second-order valence-electron chi connectivity index (χ2n) is 5.17. The zero-order chi connectivity index (χ0) is 16.2. The van der Waals surface area contributed by atoms with E-state index in [2.05, 4.69) is 0 Å². The average molecular weight is 387 g/mol. The molecule has 23 heavy (non-hydrogen) atoms. The van der Waals surface area contributed by atoms with Crippen LogP contribution in [0.1, 0.15) is 19.3 Å². The molecule has 0 atom stereocenters. The first-order valence-electron chi connectivity index (χ1n) is 7.22. The highest BCUT2D eigenvalue weighted by Crippen LogP contribution is 2.29. The van der Waals surface area contributed by atoms with E-state index in [4.69, 9.17) is 22.1 Å². The number of nitrogens with two attached hydrogens (primary N) is 1. The van der Waals surface area contributed by atoms with Crippen molar-refractivity contribution in [1.29, 1.82) is 0 Å². The van der Waals surface area contributed by atoms with Crippen molar-refractivity contribution in [3.8, 4) is 0 Å². The Kier molecular flexibility index (Phi) is 8.20. The molecule has 1 aromatic carbocycles. The number of hydrogen-bond donors (Lipinski definition) is 1. The first-order valence-corrected chi connectivity index (χ1v) is 9.04. The van der Waals surface area contributed by atoms with Gasteiger partial charge in [-0.3, -0.25) is 0 Å². The summed E-state index contributed by atoms with van der Waals surface area (Å²) in [5.41, 5.74) is 5.40. The van der Waals surface area contributed by atoms with Crippen molar-refractivity contribution in [3.05, 3.63) is 29.0 Å². The Labute approximate surface area is 147 Å². The lowest BCUT2D eigenvalue weighted by Crippen LogP contribution is -2.41. The first kappa shape index (κ1) is 20.6. The summed E-state index contributed by atoms with van der Waals surface area (Å²) in [6.45, 7) is 1.73. The number of piperidine rings is 1. The minimum atomic E-state index is -3.92. The van der Waals surface area contributed by atoms with Gasteiger partial charge in [-0.1, -0.05) is 17.7 Å². The van der Waals surface area contributed by atoms with Gasteiger partial charge in [0.2, 0.25) is 10.0 Å². The SMILES string of the molecule is Cl.NCCCOC1CCN(S(=O)(=O)c2c(F)cccc2Cl)CC1. The van der Waals surface area contributed by atoms with E-state index in [-0.39, 0.29) is 23.5 Å². The largest absolute Gasteiger partial charge is 0.378 e. The lowest BCUT2D eigenvalue weighted by molar-refractivity contribution is 0.0208. The van der Waals surface area contributed by atoms with Crippen molar-refractivity contribution in [1.82, 2.24) is 4.31 Å². The van der Waals surface area contributed by atoms with Crippen LogP contribution in [0.25, 0.3) is 0 Å². The zero-order valence-corrected chi connectivity index (χ0v) is 15.0. The summed E-state index contributed by atoms with van der Waals surface area (Å²) in [6.07, 6.45) is 1.96. The van der Waals surface area contributed by atoms with Crippen LogP contribution in [0.3, 0.4) is 0 Å². The Morgan fingerprint density at radius 3 is 2.57 bits per heavy atom. The number of rotatable bonds is 6. The maximum Gasteiger partial charge on any atom is 0.247 e. The maximum atomic E-state index is 13.9. The van der Waals surface area contributed by atoms with Gasteiger partial charge in [0, 0.05) is 19.7 Å². The molecule has 1 fully saturated rings. The number of ether oxygens (including phenoxy) is 1. The van der Waals surface area contributed by atoms with Crippen LogP contribution < -0.4 is 5.73 Å². The minimum Gasteiger partial charge on any atom is -0.378 e. The Hall–Kier alpha value is -0.440. The second kappa shape index (κ2) is 9.15. The number of benzene rings is 1. The molecule has 1 aromatic rings. The summed E-state index contributed by atoms with van der Waals surface area (Å²) < 4.78 is 45.8. The molecule has 5 nitrogen and oxygen atoms in total. The molecule has 0 aliphatic carbocycles. The topological polar surface area (TPSA) is 72.6 Å². The third-order valence-corrected chi connectivity index (χ3v) is 6.02. The highest BCUT2D eigenvalue weighted by Gasteiger charge is 2.33. The van der Waals surface area contributed by atoms with E-state index >= 15 is 0 Å². The molecule has 0 spiro atoms. The van der Waals surface area contributed by atoms with Crippen molar-refractivity contribution < 1.29 is 17.5 Å². The van der Waals surface area contributed by atoms with Crippen LogP contribution in [0.5, 0.6) is 0 Å². The predicted octanol–water partition coefficient (Wildman–Crippen LogP) is 2.42. The normalized spacial score (nSPS) is 17.0. The van der Waals surface area contributed by atoms with Gasteiger partial charge in [-0.2, -0.15) is 4.31 Å². The van der Waals surface area contributed by atoms with Crippen molar-refractivity contribution in [3.63, 3.8) is 0 Å². The summed E-state index contributed by atoms with van der Waals surface area (Å²) >= 11 is 5.86. The van der Waals surface area contributed by atoms with Crippen LogP contribution in [0.2, 0.25) is 5.02 Å². The smallest absolute Gasteiger partial charge is 0.247 e. The van der Waals surface area contributed by atoms with Gasteiger partial charge in [0.15, 0.2) is 0 Å². The first-order chi connectivity index (χ1) is 10.5. The third-order valence-electron chi connectivity index (χ3n) is 3.62. The highest BCUT2D eigenvalue weighted by atomic mass is 35.5. The lowest BCUT2D eigenvalue weighted by atomic mass is 10.1. The standard InChI is InChI=1S/C14H20ClFN2O3S.ClH/c15-12-3-1-4-13(16)14(12)22(19,20)18-8-5-11(6-9-18)21-10-2-7-17;/h1,3-4,11H,2,5-10,17H2;1H. The molecular formula is C14H21Cl2FN2O3S. The number of sulfonamides is 1.